The van der Waals surface area contributed by atoms with E-state index >= 15 is 0 Å². The summed E-state index contributed by atoms with van der Waals surface area (Å²) in [6, 6.07) is 10.2. The smallest absolute Gasteiger partial charge is 0.263 e. The number of thiocarbonyl (C=S) groups is 1. The molecule has 1 heterocycles. The largest absolute Gasteiger partial charge is 0.339 e. The lowest BCUT2D eigenvalue weighted by molar-refractivity contribution is -0.114. The van der Waals surface area contributed by atoms with Crippen molar-refractivity contribution >= 4 is 86.7 Å². The first-order valence-electron chi connectivity index (χ1n) is 7.51. The number of hydrogen-bond acceptors (Lipinski definition) is 4. The predicted molar refractivity (Wildman–Crippen MR) is 116 cm³/mol. The van der Waals surface area contributed by atoms with Crippen LogP contribution in [0.3, 0.4) is 0 Å². The van der Waals surface area contributed by atoms with Gasteiger partial charge in [0.15, 0.2) is 5.11 Å². The van der Waals surface area contributed by atoms with Gasteiger partial charge in [0.05, 0.1) is 4.88 Å². The second-order valence-corrected chi connectivity index (χ2v) is 9.01. The minimum atomic E-state index is -1.84. The van der Waals surface area contributed by atoms with Crippen LogP contribution in [0, 0.1) is 0 Å². The molecule has 2 aromatic rings. The maximum atomic E-state index is 12.2. The minimum absolute atomic E-state index is 0.144. The predicted octanol–water partition coefficient (Wildman–Crippen LogP) is 4.12. The van der Waals surface area contributed by atoms with Crippen molar-refractivity contribution < 1.29 is 9.59 Å². The van der Waals surface area contributed by atoms with E-state index in [4.69, 9.17) is 47.0 Å². The van der Waals surface area contributed by atoms with Gasteiger partial charge in [0.2, 0.25) is 9.70 Å². The van der Waals surface area contributed by atoms with Crippen LogP contribution in [0.25, 0.3) is 0 Å². The SMILES string of the molecule is CC(=O)Nc1ccc(NC(=S)NC(NC(=O)c2cccs2)C(Cl)(Cl)Cl)cc1. The molecule has 2 rings (SSSR count). The average molecular weight is 466 g/mol. The second-order valence-electron chi connectivity index (χ2n) is 5.28. The normalized spacial score (nSPS) is 12.0. The number of carbonyl (C=O) groups is 2. The molecular formula is C16H15Cl3N4O2S2. The van der Waals surface area contributed by atoms with Crippen molar-refractivity contribution in [1.82, 2.24) is 10.6 Å². The summed E-state index contributed by atoms with van der Waals surface area (Å²) in [5.41, 5.74) is 1.29. The maximum absolute atomic E-state index is 12.2. The molecule has 0 aliphatic rings. The number of amides is 2. The number of benzene rings is 1. The Kier molecular flexibility index (Phi) is 7.69. The van der Waals surface area contributed by atoms with Crippen LogP contribution in [0.4, 0.5) is 11.4 Å². The van der Waals surface area contributed by atoms with Crippen LogP contribution in [0.1, 0.15) is 16.6 Å². The van der Waals surface area contributed by atoms with E-state index < -0.39 is 15.9 Å². The van der Waals surface area contributed by atoms with E-state index in [2.05, 4.69) is 21.3 Å². The number of carbonyl (C=O) groups excluding carboxylic acids is 2. The van der Waals surface area contributed by atoms with Crippen molar-refractivity contribution in [2.24, 2.45) is 0 Å². The van der Waals surface area contributed by atoms with E-state index in [0.29, 0.717) is 16.3 Å². The van der Waals surface area contributed by atoms with Gasteiger partial charge in [0.25, 0.3) is 5.91 Å². The van der Waals surface area contributed by atoms with Crippen molar-refractivity contribution in [2.75, 3.05) is 10.6 Å². The van der Waals surface area contributed by atoms with Crippen LogP contribution in [0.2, 0.25) is 0 Å². The summed E-state index contributed by atoms with van der Waals surface area (Å²) in [5, 5.41) is 12.9. The third kappa shape index (κ3) is 7.15. The van der Waals surface area contributed by atoms with Gasteiger partial charge >= 0.3 is 0 Å². The molecular weight excluding hydrogens is 451 g/mol. The Labute approximate surface area is 180 Å². The van der Waals surface area contributed by atoms with Gasteiger partial charge in [-0.05, 0) is 47.9 Å². The summed E-state index contributed by atoms with van der Waals surface area (Å²) in [4.78, 5) is 23.7. The summed E-state index contributed by atoms with van der Waals surface area (Å²) < 4.78 is -1.84. The Morgan fingerprint density at radius 2 is 1.63 bits per heavy atom. The van der Waals surface area contributed by atoms with Crippen molar-refractivity contribution in [1.29, 1.82) is 0 Å². The molecule has 0 aliphatic carbocycles. The van der Waals surface area contributed by atoms with Gasteiger partial charge in [-0.25, -0.2) is 0 Å². The zero-order chi connectivity index (χ0) is 20.0. The van der Waals surface area contributed by atoms with Crippen molar-refractivity contribution in [3.63, 3.8) is 0 Å². The highest BCUT2D eigenvalue weighted by Crippen LogP contribution is 2.29. The molecule has 144 valence electrons. The van der Waals surface area contributed by atoms with E-state index in [-0.39, 0.29) is 11.0 Å². The van der Waals surface area contributed by atoms with Crippen molar-refractivity contribution in [3.05, 3.63) is 46.7 Å². The van der Waals surface area contributed by atoms with Gasteiger partial charge < -0.3 is 21.3 Å². The molecule has 27 heavy (non-hydrogen) atoms. The molecule has 0 radical (unpaired) electrons. The Morgan fingerprint density at radius 1 is 1.04 bits per heavy atom. The molecule has 11 heteroatoms. The molecule has 6 nitrogen and oxygen atoms in total. The van der Waals surface area contributed by atoms with Gasteiger partial charge in [-0.3, -0.25) is 9.59 Å². The third-order valence-corrected chi connectivity index (χ3v) is 4.83. The molecule has 1 aromatic heterocycles. The van der Waals surface area contributed by atoms with Gasteiger partial charge in [0.1, 0.15) is 6.17 Å². The average Bonchev–Trinajstić information content (AvgIpc) is 3.09. The molecule has 0 spiro atoms. The van der Waals surface area contributed by atoms with Gasteiger partial charge in [-0.15, -0.1) is 11.3 Å². The van der Waals surface area contributed by atoms with Crippen LogP contribution in [0.15, 0.2) is 41.8 Å². The summed E-state index contributed by atoms with van der Waals surface area (Å²) in [7, 11) is 0. The number of rotatable bonds is 5. The van der Waals surface area contributed by atoms with Gasteiger partial charge in [0, 0.05) is 18.3 Å². The Balaban J connectivity index is 1.99. The van der Waals surface area contributed by atoms with Crippen LogP contribution in [-0.2, 0) is 4.79 Å². The lowest BCUT2D eigenvalue weighted by Crippen LogP contribution is -2.56. The molecule has 2 amide bonds. The van der Waals surface area contributed by atoms with E-state index in [1.807, 2.05) is 0 Å². The molecule has 0 fully saturated rings. The number of alkyl halides is 3. The van der Waals surface area contributed by atoms with E-state index in [0.717, 1.165) is 0 Å². The quantitative estimate of drug-likeness (QED) is 0.303. The third-order valence-electron chi connectivity index (χ3n) is 3.09. The first-order valence-corrected chi connectivity index (χ1v) is 9.93. The molecule has 1 atom stereocenters. The fourth-order valence-electron chi connectivity index (χ4n) is 1.95. The number of halogens is 3. The monoisotopic (exact) mass is 464 g/mol. The fraction of sp³-hybridized carbons (Fsp3) is 0.188. The van der Waals surface area contributed by atoms with E-state index in [1.54, 1.807) is 41.8 Å². The number of thiophene rings is 1. The molecule has 4 N–H and O–H groups in total. The van der Waals surface area contributed by atoms with Crippen LogP contribution in [0.5, 0.6) is 0 Å². The molecule has 0 saturated heterocycles. The van der Waals surface area contributed by atoms with Gasteiger partial charge in [-0.1, -0.05) is 40.9 Å². The molecule has 0 saturated carbocycles. The molecule has 0 aliphatic heterocycles. The zero-order valence-corrected chi connectivity index (χ0v) is 17.8. The summed E-state index contributed by atoms with van der Waals surface area (Å²) in [5.74, 6) is -0.559. The van der Waals surface area contributed by atoms with Crippen LogP contribution >= 0.6 is 58.4 Å². The molecule has 1 aromatic carbocycles. The number of nitrogens with one attached hydrogen (secondary N) is 4. The molecule has 1 unspecified atom stereocenters. The second kappa shape index (κ2) is 9.57. The zero-order valence-electron chi connectivity index (χ0n) is 13.9. The lowest BCUT2D eigenvalue weighted by Gasteiger charge is -2.27. The lowest BCUT2D eigenvalue weighted by atomic mass is 10.3. The standard InChI is InChI=1S/C16H15Cl3N4O2S2/c1-9(24)20-10-4-6-11(7-5-10)21-15(26)23-14(16(17,18)19)22-13(25)12-3-2-8-27-12/h2-8,14H,1H3,(H,20,24)(H,22,25)(H2,21,23,26). The Morgan fingerprint density at radius 3 is 2.11 bits per heavy atom. The highest BCUT2D eigenvalue weighted by Gasteiger charge is 2.35. The molecule has 0 bridgehead atoms. The highest BCUT2D eigenvalue weighted by atomic mass is 35.6. The topological polar surface area (TPSA) is 82.3 Å². The van der Waals surface area contributed by atoms with Crippen molar-refractivity contribution in [3.8, 4) is 0 Å². The Hall–Kier alpha value is -1.58. The van der Waals surface area contributed by atoms with E-state index in [1.165, 1.54) is 18.3 Å². The van der Waals surface area contributed by atoms with Crippen LogP contribution < -0.4 is 21.3 Å². The highest BCUT2D eigenvalue weighted by molar-refractivity contribution is 7.80. The summed E-state index contributed by atoms with van der Waals surface area (Å²) in [6.45, 7) is 1.42. The Bertz CT molecular complexity index is 808. The van der Waals surface area contributed by atoms with Crippen LogP contribution in [-0.4, -0.2) is 26.9 Å². The maximum Gasteiger partial charge on any atom is 0.263 e. The minimum Gasteiger partial charge on any atom is -0.339 e. The summed E-state index contributed by atoms with van der Waals surface area (Å²) >= 11 is 24.3. The first kappa shape index (κ1) is 21.7. The fourth-order valence-corrected chi connectivity index (χ4v) is 3.14. The number of anilines is 2. The van der Waals surface area contributed by atoms with Crippen molar-refractivity contribution in [2.45, 2.75) is 16.9 Å². The number of hydrogen-bond donors (Lipinski definition) is 4. The summed E-state index contributed by atoms with van der Waals surface area (Å²) in [6.07, 6.45) is -1.06. The first-order chi connectivity index (χ1) is 12.6. The van der Waals surface area contributed by atoms with Gasteiger partial charge in [-0.2, -0.15) is 0 Å². The van der Waals surface area contributed by atoms with E-state index in [9.17, 15) is 9.59 Å².